The summed E-state index contributed by atoms with van der Waals surface area (Å²) in [5.41, 5.74) is 0. The maximum Gasteiger partial charge on any atom is 0.407 e. The number of ether oxygens (including phenoxy) is 2. The predicted octanol–water partition coefficient (Wildman–Crippen LogP) is 0.520. The lowest BCUT2D eigenvalue weighted by molar-refractivity contribution is -0.000127. The minimum Gasteiger partial charge on any atom is -0.442 e. The standard InChI is InChI=1S/C7H13NO3/c1-3-5(10-2)6-4-8-7(9)11-6/h5-6H,3-4H2,1-2H3,(H,8,9). The first-order chi connectivity index (χ1) is 5.27. The highest BCUT2D eigenvalue weighted by Gasteiger charge is 2.29. The molecular formula is C7H13NO3. The summed E-state index contributed by atoms with van der Waals surface area (Å²) < 4.78 is 10.0. The third-order valence-electron chi connectivity index (χ3n) is 1.83. The summed E-state index contributed by atoms with van der Waals surface area (Å²) in [5.74, 6) is 0. The number of hydrogen-bond donors (Lipinski definition) is 1. The maximum absolute atomic E-state index is 10.6. The zero-order valence-electron chi connectivity index (χ0n) is 6.79. The van der Waals surface area contributed by atoms with Crippen molar-refractivity contribution in [3.8, 4) is 0 Å². The van der Waals surface area contributed by atoms with Crippen LogP contribution in [-0.4, -0.2) is 32.0 Å². The van der Waals surface area contributed by atoms with Crippen LogP contribution in [0.1, 0.15) is 13.3 Å². The summed E-state index contributed by atoms with van der Waals surface area (Å²) >= 11 is 0. The Morgan fingerprint density at radius 3 is 3.00 bits per heavy atom. The summed E-state index contributed by atoms with van der Waals surface area (Å²) in [6, 6.07) is 0. The highest BCUT2D eigenvalue weighted by atomic mass is 16.6. The average Bonchev–Trinajstić information content (AvgIpc) is 2.39. The van der Waals surface area contributed by atoms with Crippen LogP contribution in [0.25, 0.3) is 0 Å². The zero-order chi connectivity index (χ0) is 8.27. The fraction of sp³-hybridized carbons (Fsp3) is 0.857. The summed E-state index contributed by atoms with van der Waals surface area (Å²) in [6.07, 6.45) is 0.424. The zero-order valence-corrected chi connectivity index (χ0v) is 6.79. The van der Waals surface area contributed by atoms with Gasteiger partial charge in [0.05, 0.1) is 12.6 Å². The number of methoxy groups -OCH3 is 1. The lowest BCUT2D eigenvalue weighted by Gasteiger charge is -2.17. The fourth-order valence-corrected chi connectivity index (χ4v) is 1.19. The molecule has 2 unspecified atom stereocenters. The van der Waals surface area contributed by atoms with Crippen molar-refractivity contribution < 1.29 is 14.3 Å². The highest BCUT2D eigenvalue weighted by Crippen LogP contribution is 2.10. The first-order valence-electron chi connectivity index (χ1n) is 3.75. The van der Waals surface area contributed by atoms with E-state index in [2.05, 4.69) is 5.32 Å². The monoisotopic (exact) mass is 159 g/mol. The molecule has 0 radical (unpaired) electrons. The van der Waals surface area contributed by atoms with Gasteiger partial charge in [0.2, 0.25) is 0 Å². The Morgan fingerprint density at radius 2 is 2.64 bits per heavy atom. The Bertz CT molecular complexity index is 145. The van der Waals surface area contributed by atoms with Crippen LogP contribution in [0.3, 0.4) is 0 Å². The van der Waals surface area contributed by atoms with Gasteiger partial charge in [0, 0.05) is 7.11 Å². The first kappa shape index (κ1) is 8.33. The number of carbonyl (C=O) groups excluding carboxylic acids is 1. The minimum absolute atomic E-state index is 0.0222. The number of cyclic esters (lactones) is 1. The fourth-order valence-electron chi connectivity index (χ4n) is 1.19. The Morgan fingerprint density at radius 1 is 1.91 bits per heavy atom. The van der Waals surface area contributed by atoms with Gasteiger partial charge in [0.25, 0.3) is 0 Å². The molecule has 1 fully saturated rings. The van der Waals surface area contributed by atoms with E-state index in [4.69, 9.17) is 9.47 Å². The molecular weight excluding hydrogens is 146 g/mol. The van der Waals surface area contributed by atoms with E-state index >= 15 is 0 Å². The normalized spacial score (nSPS) is 26.0. The predicted molar refractivity (Wildman–Crippen MR) is 39.4 cm³/mol. The summed E-state index contributed by atoms with van der Waals surface area (Å²) in [4.78, 5) is 10.6. The van der Waals surface area contributed by atoms with Crippen molar-refractivity contribution in [2.75, 3.05) is 13.7 Å². The van der Waals surface area contributed by atoms with E-state index in [0.29, 0.717) is 6.54 Å². The van der Waals surface area contributed by atoms with Gasteiger partial charge in [-0.3, -0.25) is 0 Å². The second kappa shape index (κ2) is 3.57. The van der Waals surface area contributed by atoms with Gasteiger partial charge >= 0.3 is 6.09 Å². The Kier molecular flexibility index (Phi) is 2.70. The molecule has 0 aromatic rings. The molecule has 0 aromatic heterocycles. The largest absolute Gasteiger partial charge is 0.442 e. The molecule has 0 bridgehead atoms. The first-order valence-corrected chi connectivity index (χ1v) is 3.75. The molecule has 4 heteroatoms. The molecule has 1 N–H and O–H groups in total. The topological polar surface area (TPSA) is 47.6 Å². The number of alkyl carbamates (subject to hydrolysis) is 1. The van der Waals surface area contributed by atoms with E-state index in [9.17, 15) is 4.79 Å². The molecule has 64 valence electrons. The number of carbonyl (C=O) groups is 1. The van der Waals surface area contributed by atoms with E-state index in [0.717, 1.165) is 6.42 Å². The molecule has 1 amide bonds. The average molecular weight is 159 g/mol. The molecule has 1 rings (SSSR count). The number of nitrogens with one attached hydrogen (secondary N) is 1. The van der Waals surface area contributed by atoms with Crippen molar-refractivity contribution in [3.05, 3.63) is 0 Å². The van der Waals surface area contributed by atoms with E-state index in [-0.39, 0.29) is 18.3 Å². The van der Waals surface area contributed by atoms with Crippen molar-refractivity contribution >= 4 is 6.09 Å². The molecule has 11 heavy (non-hydrogen) atoms. The molecule has 1 aliphatic rings. The van der Waals surface area contributed by atoms with E-state index in [1.54, 1.807) is 7.11 Å². The molecule has 0 spiro atoms. The quantitative estimate of drug-likeness (QED) is 0.653. The Labute approximate surface area is 65.9 Å². The van der Waals surface area contributed by atoms with Crippen LogP contribution in [0.2, 0.25) is 0 Å². The summed E-state index contributed by atoms with van der Waals surface area (Å²) in [6.45, 7) is 2.56. The van der Waals surface area contributed by atoms with Crippen LogP contribution in [-0.2, 0) is 9.47 Å². The molecule has 1 heterocycles. The number of rotatable bonds is 3. The summed E-state index contributed by atoms with van der Waals surface area (Å²) in [5, 5.41) is 2.58. The maximum atomic E-state index is 10.6. The molecule has 0 aliphatic carbocycles. The Balaban J connectivity index is 2.40. The smallest absolute Gasteiger partial charge is 0.407 e. The summed E-state index contributed by atoms with van der Waals surface area (Å²) in [7, 11) is 1.63. The lowest BCUT2D eigenvalue weighted by atomic mass is 10.1. The van der Waals surface area contributed by atoms with Gasteiger partial charge in [-0.1, -0.05) is 6.92 Å². The van der Waals surface area contributed by atoms with Crippen LogP contribution < -0.4 is 5.32 Å². The van der Waals surface area contributed by atoms with Gasteiger partial charge in [-0.2, -0.15) is 0 Å². The van der Waals surface area contributed by atoms with Gasteiger partial charge in [-0.05, 0) is 6.42 Å². The van der Waals surface area contributed by atoms with Crippen LogP contribution in [0.15, 0.2) is 0 Å². The van der Waals surface area contributed by atoms with Crippen molar-refractivity contribution in [3.63, 3.8) is 0 Å². The van der Waals surface area contributed by atoms with Gasteiger partial charge < -0.3 is 14.8 Å². The molecule has 1 aliphatic heterocycles. The highest BCUT2D eigenvalue weighted by molar-refractivity contribution is 5.69. The second-order valence-corrected chi connectivity index (χ2v) is 2.51. The molecule has 2 atom stereocenters. The van der Waals surface area contributed by atoms with Crippen molar-refractivity contribution in [1.29, 1.82) is 0 Å². The molecule has 0 aromatic carbocycles. The van der Waals surface area contributed by atoms with Gasteiger partial charge in [-0.25, -0.2) is 4.79 Å². The number of amides is 1. The van der Waals surface area contributed by atoms with Crippen molar-refractivity contribution in [2.24, 2.45) is 0 Å². The second-order valence-electron chi connectivity index (χ2n) is 2.51. The number of hydrogen-bond acceptors (Lipinski definition) is 3. The van der Waals surface area contributed by atoms with Crippen LogP contribution in [0.5, 0.6) is 0 Å². The molecule has 1 saturated heterocycles. The van der Waals surface area contributed by atoms with Crippen molar-refractivity contribution in [2.45, 2.75) is 25.6 Å². The van der Waals surface area contributed by atoms with Crippen LogP contribution >= 0.6 is 0 Å². The third-order valence-corrected chi connectivity index (χ3v) is 1.83. The van der Waals surface area contributed by atoms with Crippen LogP contribution in [0, 0.1) is 0 Å². The Hall–Kier alpha value is -0.770. The van der Waals surface area contributed by atoms with Crippen molar-refractivity contribution in [1.82, 2.24) is 5.32 Å². The lowest BCUT2D eigenvalue weighted by Crippen LogP contribution is -2.30. The SMILES string of the molecule is CCC(OC)C1CNC(=O)O1. The van der Waals surface area contributed by atoms with Gasteiger partial charge in [0.15, 0.2) is 0 Å². The van der Waals surface area contributed by atoms with E-state index in [1.807, 2.05) is 6.92 Å². The van der Waals surface area contributed by atoms with E-state index in [1.165, 1.54) is 0 Å². The third kappa shape index (κ3) is 1.83. The van der Waals surface area contributed by atoms with Crippen LogP contribution in [0.4, 0.5) is 4.79 Å². The van der Waals surface area contributed by atoms with Gasteiger partial charge in [0.1, 0.15) is 6.10 Å². The van der Waals surface area contributed by atoms with Gasteiger partial charge in [-0.15, -0.1) is 0 Å². The molecule has 4 nitrogen and oxygen atoms in total. The molecule has 0 saturated carbocycles. The minimum atomic E-state index is -0.342. The van der Waals surface area contributed by atoms with E-state index < -0.39 is 0 Å².